The average Bonchev–Trinajstić information content (AvgIpc) is 2.62. The van der Waals surface area contributed by atoms with Crippen molar-refractivity contribution in [3.63, 3.8) is 0 Å². The van der Waals surface area contributed by atoms with Crippen molar-refractivity contribution < 1.29 is 29.1 Å². The molecule has 3 aromatic carbocycles. The van der Waals surface area contributed by atoms with Gasteiger partial charge in [0.1, 0.15) is 23.2 Å². The maximum absolute atomic E-state index is 9.81. The molecule has 1 N–H and O–H groups in total. The zero-order chi connectivity index (χ0) is 15.3. The van der Waals surface area contributed by atoms with Crippen LogP contribution >= 0.6 is 7.26 Å². The van der Waals surface area contributed by atoms with Crippen molar-refractivity contribution in [1.82, 2.24) is 0 Å². The SMILES string of the molecule is OCC[P+](c1ccccc1)(c1ccccc1)c1ccccc1.[I-]. The Bertz CT molecular complexity index is 605. The quantitative estimate of drug-likeness (QED) is 0.442. The van der Waals surface area contributed by atoms with Crippen molar-refractivity contribution in [2.24, 2.45) is 0 Å². The van der Waals surface area contributed by atoms with Gasteiger partial charge in [0.15, 0.2) is 0 Å². The molecule has 0 aliphatic carbocycles. The van der Waals surface area contributed by atoms with Crippen molar-refractivity contribution >= 4 is 23.2 Å². The largest absolute Gasteiger partial charge is 1.00 e. The normalized spacial score (nSPS) is 10.8. The minimum Gasteiger partial charge on any atom is -1.00 e. The third kappa shape index (κ3) is 3.65. The van der Waals surface area contributed by atoms with Crippen LogP contribution in [0.25, 0.3) is 0 Å². The van der Waals surface area contributed by atoms with Gasteiger partial charge in [0, 0.05) is 0 Å². The Hall–Kier alpha value is -1.22. The highest BCUT2D eigenvalue weighted by atomic mass is 127. The van der Waals surface area contributed by atoms with Gasteiger partial charge in [-0.2, -0.15) is 0 Å². The monoisotopic (exact) mass is 434 g/mol. The molecule has 3 rings (SSSR count). The van der Waals surface area contributed by atoms with E-state index < -0.39 is 7.26 Å². The molecule has 0 amide bonds. The second kappa shape index (κ2) is 8.58. The second-order valence-electron chi connectivity index (χ2n) is 5.26. The summed E-state index contributed by atoms with van der Waals surface area (Å²) in [5.74, 6) is 0. The number of rotatable bonds is 5. The molecule has 3 aromatic rings. The van der Waals surface area contributed by atoms with Crippen LogP contribution in [-0.4, -0.2) is 17.9 Å². The molecule has 0 fully saturated rings. The van der Waals surface area contributed by atoms with E-state index in [2.05, 4.69) is 72.8 Å². The van der Waals surface area contributed by atoms with Crippen molar-refractivity contribution in [3.05, 3.63) is 91.0 Å². The lowest BCUT2D eigenvalue weighted by atomic mass is 10.4. The van der Waals surface area contributed by atoms with Crippen molar-refractivity contribution in [1.29, 1.82) is 0 Å². The second-order valence-corrected chi connectivity index (χ2v) is 8.88. The Balaban J connectivity index is 0.00000192. The Morgan fingerprint density at radius 3 is 1.13 bits per heavy atom. The summed E-state index contributed by atoms with van der Waals surface area (Å²) in [5.41, 5.74) is 0. The van der Waals surface area contributed by atoms with Crippen LogP contribution in [0.2, 0.25) is 0 Å². The van der Waals surface area contributed by atoms with Crippen LogP contribution in [0, 0.1) is 0 Å². The summed E-state index contributed by atoms with van der Waals surface area (Å²) in [6, 6.07) is 31.9. The van der Waals surface area contributed by atoms with Crippen LogP contribution in [0.3, 0.4) is 0 Å². The van der Waals surface area contributed by atoms with Gasteiger partial charge in [0.05, 0.1) is 12.8 Å². The molecule has 0 heterocycles. The first kappa shape index (κ1) is 18.1. The standard InChI is InChI=1S/C20H20OP.HI/c21-16-17-22(18-10-4-1-5-11-18,19-12-6-2-7-13-19)20-14-8-3-9-15-20;/h1-15,21H,16-17H2;1H/q+1;/p-1. The maximum Gasteiger partial charge on any atom is 0.114 e. The highest BCUT2D eigenvalue weighted by Gasteiger charge is 2.44. The fourth-order valence-electron chi connectivity index (χ4n) is 3.03. The number of aliphatic hydroxyl groups is 1. The van der Waals surface area contributed by atoms with E-state index in [4.69, 9.17) is 0 Å². The minimum atomic E-state index is -1.80. The number of aliphatic hydroxyl groups excluding tert-OH is 1. The Labute approximate surface area is 155 Å². The molecule has 0 saturated heterocycles. The van der Waals surface area contributed by atoms with Crippen LogP contribution in [0.1, 0.15) is 0 Å². The molecule has 0 bridgehead atoms. The molecule has 0 aromatic heterocycles. The average molecular weight is 434 g/mol. The van der Waals surface area contributed by atoms with E-state index in [0.29, 0.717) is 0 Å². The first-order valence-electron chi connectivity index (χ1n) is 7.54. The van der Waals surface area contributed by atoms with E-state index >= 15 is 0 Å². The van der Waals surface area contributed by atoms with E-state index in [9.17, 15) is 5.11 Å². The molecule has 0 aliphatic rings. The smallest absolute Gasteiger partial charge is 0.114 e. The van der Waals surface area contributed by atoms with Gasteiger partial charge in [-0.1, -0.05) is 54.6 Å². The molecule has 118 valence electrons. The fraction of sp³-hybridized carbons (Fsp3) is 0.100. The summed E-state index contributed by atoms with van der Waals surface area (Å²) in [5, 5.41) is 13.8. The van der Waals surface area contributed by atoms with Crippen molar-refractivity contribution in [3.8, 4) is 0 Å². The predicted molar refractivity (Wildman–Crippen MR) is 97.1 cm³/mol. The van der Waals surface area contributed by atoms with Gasteiger partial charge in [-0.25, -0.2) is 0 Å². The predicted octanol–water partition coefficient (Wildman–Crippen LogP) is -0.0232. The lowest BCUT2D eigenvalue weighted by Crippen LogP contribution is -3.00. The molecule has 3 heteroatoms. The molecule has 0 atom stereocenters. The van der Waals surface area contributed by atoms with Gasteiger partial charge in [-0.3, -0.25) is 0 Å². The Kier molecular flexibility index (Phi) is 6.76. The summed E-state index contributed by atoms with van der Waals surface area (Å²) >= 11 is 0. The zero-order valence-corrected chi connectivity index (χ0v) is 15.9. The van der Waals surface area contributed by atoms with E-state index in [-0.39, 0.29) is 30.6 Å². The zero-order valence-electron chi connectivity index (χ0n) is 12.8. The molecule has 1 nitrogen and oxygen atoms in total. The first-order chi connectivity index (χ1) is 10.9. The molecule has 0 unspecified atom stereocenters. The molecular weight excluding hydrogens is 414 g/mol. The number of hydrogen-bond donors (Lipinski definition) is 1. The molecule has 0 spiro atoms. The van der Waals surface area contributed by atoms with Crippen molar-refractivity contribution in [2.45, 2.75) is 0 Å². The molecule has 0 radical (unpaired) electrons. The fourth-order valence-corrected chi connectivity index (χ4v) is 7.04. The van der Waals surface area contributed by atoms with Crippen LogP contribution in [-0.2, 0) is 0 Å². The first-order valence-corrected chi connectivity index (χ1v) is 9.51. The summed E-state index contributed by atoms with van der Waals surface area (Å²) in [7, 11) is -1.80. The van der Waals surface area contributed by atoms with Crippen LogP contribution < -0.4 is 39.9 Å². The van der Waals surface area contributed by atoms with E-state index in [0.717, 1.165) is 6.16 Å². The lowest BCUT2D eigenvalue weighted by Gasteiger charge is -2.26. The number of benzene rings is 3. The van der Waals surface area contributed by atoms with E-state index in [1.165, 1.54) is 15.9 Å². The van der Waals surface area contributed by atoms with Gasteiger partial charge in [0.2, 0.25) is 0 Å². The lowest BCUT2D eigenvalue weighted by molar-refractivity contribution is -0.00000538. The van der Waals surface area contributed by atoms with E-state index in [1.807, 2.05) is 18.2 Å². The topological polar surface area (TPSA) is 20.2 Å². The van der Waals surface area contributed by atoms with Gasteiger partial charge in [-0.05, 0) is 36.4 Å². The van der Waals surface area contributed by atoms with Crippen LogP contribution in [0.5, 0.6) is 0 Å². The number of halogens is 1. The van der Waals surface area contributed by atoms with Gasteiger partial charge in [-0.15, -0.1) is 0 Å². The summed E-state index contributed by atoms with van der Waals surface area (Å²) in [6.07, 6.45) is 0.769. The van der Waals surface area contributed by atoms with Crippen LogP contribution in [0.4, 0.5) is 0 Å². The third-order valence-electron chi connectivity index (χ3n) is 4.03. The highest BCUT2D eigenvalue weighted by molar-refractivity contribution is 7.95. The van der Waals surface area contributed by atoms with E-state index in [1.54, 1.807) is 0 Å². The third-order valence-corrected chi connectivity index (χ3v) is 8.44. The minimum absolute atomic E-state index is 0. The summed E-state index contributed by atoms with van der Waals surface area (Å²) in [4.78, 5) is 0. The Morgan fingerprint density at radius 1 is 0.565 bits per heavy atom. The molecular formula is C20H20IOP. The number of hydrogen-bond acceptors (Lipinski definition) is 1. The molecule has 0 saturated carbocycles. The van der Waals surface area contributed by atoms with Gasteiger partial charge >= 0.3 is 0 Å². The van der Waals surface area contributed by atoms with Crippen LogP contribution in [0.15, 0.2) is 91.0 Å². The summed E-state index contributed by atoms with van der Waals surface area (Å²) in [6.45, 7) is 0.187. The summed E-state index contributed by atoms with van der Waals surface area (Å²) < 4.78 is 0. The van der Waals surface area contributed by atoms with Crippen molar-refractivity contribution in [2.75, 3.05) is 12.8 Å². The van der Waals surface area contributed by atoms with Gasteiger partial charge in [0.25, 0.3) is 0 Å². The Morgan fingerprint density at radius 2 is 0.870 bits per heavy atom. The van der Waals surface area contributed by atoms with Gasteiger partial charge < -0.3 is 29.1 Å². The maximum atomic E-state index is 9.81. The molecule has 0 aliphatic heterocycles. The molecule has 23 heavy (non-hydrogen) atoms. The highest BCUT2D eigenvalue weighted by Crippen LogP contribution is 2.54.